The van der Waals surface area contributed by atoms with E-state index in [9.17, 15) is 9.59 Å². The SMILES string of the molecule is CC(C)C(CC(=O)O)NC(=O)CC1CCCC1. The third kappa shape index (κ3) is 5.20. The molecule has 0 bridgehead atoms. The monoisotopic (exact) mass is 241 g/mol. The van der Waals surface area contributed by atoms with Crippen LogP contribution in [0, 0.1) is 11.8 Å². The fourth-order valence-corrected chi connectivity index (χ4v) is 2.38. The number of hydrogen-bond acceptors (Lipinski definition) is 2. The van der Waals surface area contributed by atoms with E-state index in [2.05, 4.69) is 5.32 Å². The van der Waals surface area contributed by atoms with Crippen molar-refractivity contribution in [2.75, 3.05) is 0 Å². The standard InChI is InChI=1S/C13H23NO3/c1-9(2)11(8-13(16)17)14-12(15)7-10-5-3-4-6-10/h9-11H,3-8H2,1-2H3,(H,14,15)(H,16,17). The zero-order valence-corrected chi connectivity index (χ0v) is 10.7. The summed E-state index contributed by atoms with van der Waals surface area (Å²) >= 11 is 0. The van der Waals surface area contributed by atoms with Gasteiger partial charge in [0.25, 0.3) is 0 Å². The lowest BCUT2D eigenvalue weighted by molar-refractivity contribution is -0.138. The molecule has 1 aliphatic rings. The zero-order chi connectivity index (χ0) is 12.8. The first kappa shape index (κ1) is 14.0. The normalized spacial score (nSPS) is 18.3. The van der Waals surface area contributed by atoms with Gasteiger partial charge in [0.1, 0.15) is 0 Å². The summed E-state index contributed by atoms with van der Waals surface area (Å²) in [6.07, 6.45) is 5.29. The largest absolute Gasteiger partial charge is 0.481 e. The Morgan fingerprint density at radius 2 is 1.88 bits per heavy atom. The summed E-state index contributed by atoms with van der Waals surface area (Å²) in [5.41, 5.74) is 0. The Hall–Kier alpha value is -1.06. The number of carbonyl (C=O) groups is 2. The first-order valence-corrected chi connectivity index (χ1v) is 6.50. The van der Waals surface area contributed by atoms with E-state index in [-0.39, 0.29) is 24.3 Å². The highest BCUT2D eigenvalue weighted by Crippen LogP contribution is 2.27. The molecule has 0 spiro atoms. The molecule has 0 radical (unpaired) electrons. The van der Waals surface area contributed by atoms with Crippen LogP contribution in [0.2, 0.25) is 0 Å². The molecule has 17 heavy (non-hydrogen) atoms. The number of rotatable bonds is 6. The Bertz CT molecular complexity index is 270. The molecule has 1 amide bonds. The van der Waals surface area contributed by atoms with Gasteiger partial charge in [-0.2, -0.15) is 0 Å². The topological polar surface area (TPSA) is 66.4 Å². The van der Waals surface area contributed by atoms with E-state index in [1.54, 1.807) is 0 Å². The molecule has 0 aromatic carbocycles. The molecule has 0 heterocycles. The van der Waals surface area contributed by atoms with Crippen LogP contribution in [-0.2, 0) is 9.59 Å². The molecule has 98 valence electrons. The lowest BCUT2D eigenvalue weighted by atomic mass is 9.99. The lowest BCUT2D eigenvalue weighted by Crippen LogP contribution is -2.40. The van der Waals surface area contributed by atoms with Crippen LogP contribution in [0.1, 0.15) is 52.4 Å². The number of nitrogens with one attached hydrogen (secondary N) is 1. The van der Waals surface area contributed by atoms with Crippen molar-refractivity contribution in [1.82, 2.24) is 5.32 Å². The molecular weight excluding hydrogens is 218 g/mol. The zero-order valence-electron chi connectivity index (χ0n) is 10.7. The first-order valence-electron chi connectivity index (χ1n) is 6.50. The van der Waals surface area contributed by atoms with Crippen molar-refractivity contribution in [1.29, 1.82) is 0 Å². The number of hydrogen-bond donors (Lipinski definition) is 2. The molecule has 1 atom stereocenters. The molecule has 1 unspecified atom stereocenters. The van der Waals surface area contributed by atoms with Crippen molar-refractivity contribution < 1.29 is 14.7 Å². The Balaban J connectivity index is 2.37. The van der Waals surface area contributed by atoms with E-state index in [0.717, 1.165) is 12.8 Å². The van der Waals surface area contributed by atoms with Crippen LogP contribution in [0.25, 0.3) is 0 Å². The maximum absolute atomic E-state index is 11.8. The third-order valence-corrected chi connectivity index (χ3v) is 3.49. The molecule has 1 rings (SSSR count). The van der Waals surface area contributed by atoms with E-state index in [1.807, 2.05) is 13.8 Å². The van der Waals surface area contributed by atoms with Gasteiger partial charge in [0.15, 0.2) is 0 Å². The highest BCUT2D eigenvalue weighted by Gasteiger charge is 2.22. The number of amides is 1. The van der Waals surface area contributed by atoms with Gasteiger partial charge in [-0.1, -0.05) is 26.7 Å². The quantitative estimate of drug-likeness (QED) is 0.749. The third-order valence-electron chi connectivity index (χ3n) is 3.49. The predicted molar refractivity (Wildman–Crippen MR) is 65.6 cm³/mol. The van der Waals surface area contributed by atoms with Gasteiger partial charge in [0, 0.05) is 12.5 Å². The van der Waals surface area contributed by atoms with Crippen LogP contribution in [0.5, 0.6) is 0 Å². The van der Waals surface area contributed by atoms with Crippen LogP contribution in [0.15, 0.2) is 0 Å². The van der Waals surface area contributed by atoms with Crippen LogP contribution in [-0.4, -0.2) is 23.0 Å². The van der Waals surface area contributed by atoms with Crippen molar-refractivity contribution in [3.63, 3.8) is 0 Å². The summed E-state index contributed by atoms with van der Waals surface area (Å²) in [5.74, 6) is -0.187. The second-order valence-corrected chi connectivity index (χ2v) is 5.37. The van der Waals surface area contributed by atoms with Gasteiger partial charge in [-0.3, -0.25) is 9.59 Å². The highest BCUT2D eigenvalue weighted by atomic mass is 16.4. The highest BCUT2D eigenvalue weighted by molar-refractivity contribution is 5.77. The molecule has 0 aliphatic heterocycles. The Kier molecular flexibility index (Phi) is 5.45. The van der Waals surface area contributed by atoms with Gasteiger partial charge in [-0.15, -0.1) is 0 Å². The summed E-state index contributed by atoms with van der Waals surface area (Å²) in [7, 11) is 0. The smallest absolute Gasteiger partial charge is 0.305 e. The second kappa shape index (κ2) is 6.62. The van der Waals surface area contributed by atoms with Gasteiger partial charge in [-0.25, -0.2) is 0 Å². The van der Waals surface area contributed by atoms with E-state index < -0.39 is 5.97 Å². The molecule has 2 N–H and O–H groups in total. The number of carboxylic acids is 1. The van der Waals surface area contributed by atoms with Gasteiger partial charge in [0.05, 0.1) is 6.42 Å². The first-order chi connectivity index (χ1) is 7.99. The molecule has 1 aliphatic carbocycles. The summed E-state index contributed by atoms with van der Waals surface area (Å²) in [5, 5.41) is 11.6. The fourth-order valence-electron chi connectivity index (χ4n) is 2.38. The second-order valence-electron chi connectivity index (χ2n) is 5.37. The van der Waals surface area contributed by atoms with Crippen molar-refractivity contribution >= 4 is 11.9 Å². The van der Waals surface area contributed by atoms with Gasteiger partial charge in [-0.05, 0) is 24.7 Å². The molecule has 4 nitrogen and oxygen atoms in total. The van der Waals surface area contributed by atoms with E-state index in [4.69, 9.17) is 5.11 Å². The summed E-state index contributed by atoms with van der Waals surface area (Å²) in [6.45, 7) is 3.87. The minimum absolute atomic E-state index is 0.00801. The molecular formula is C13H23NO3. The van der Waals surface area contributed by atoms with E-state index in [1.165, 1.54) is 12.8 Å². The van der Waals surface area contributed by atoms with Gasteiger partial charge < -0.3 is 10.4 Å². The average molecular weight is 241 g/mol. The molecule has 0 aromatic rings. The van der Waals surface area contributed by atoms with Crippen LogP contribution >= 0.6 is 0 Å². The predicted octanol–water partition coefficient (Wildman–Crippen LogP) is 2.18. The van der Waals surface area contributed by atoms with E-state index >= 15 is 0 Å². The summed E-state index contributed by atoms with van der Waals surface area (Å²) < 4.78 is 0. The van der Waals surface area contributed by atoms with Crippen LogP contribution in [0.4, 0.5) is 0 Å². The Labute approximate surface area is 103 Å². The molecule has 0 saturated heterocycles. The Morgan fingerprint density at radius 3 is 2.35 bits per heavy atom. The number of carboxylic acid groups (broad SMARTS) is 1. The van der Waals surface area contributed by atoms with Crippen molar-refractivity contribution in [3.05, 3.63) is 0 Å². The minimum Gasteiger partial charge on any atom is -0.481 e. The number of aliphatic carboxylic acids is 1. The molecule has 0 aromatic heterocycles. The molecule has 4 heteroatoms. The fraction of sp³-hybridized carbons (Fsp3) is 0.846. The molecule has 1 saturated carbocycles. The van der Waals surface area contributed by atoms with Crippen molar-refractivity contribution in [2.45, 2.75) is 58.4 Å². The van der Waals surface area contributed by atoms with Crippen molar-refractivity contribution in [3.8, 4) is 0 Å². The number of carbonyl (C=O) groups excluding carboxylic acids is 1. The van der Waals surface area contributed by atoms with E-state index in [0.29, 0.717) is 12.3 Å². The Morgan fingerprint density at radius 1 is 1.29 bits per heavy atom. The van der Waals surface area contributed by atoms with Crippen molar-refractivity contribution in [2.24, 2.45) is 11.8 Å². The van der Waals surface area contributed by atoms with Gasteiger partial charge >= 0.3 is 5.97 Å². The van der Waals surface area contributed by atoms with Gasteiger partial charge in [0.2, 0.25) is 5.91 Å². The summed E-state index contributed by atoms with van der Waals surface area (Å²) in [6, 6.07) is -0.249. The van der Waals surface area contributed by atoms with Crippen LogP contribution < -0.4 is 5.32 Å². The summed E-state index contributed by atoms with van der Waals surface area (Å²) in [4.78, 5) is 22.5. The van der Waals surface area contributed by atoms with Crippen LogP contribution in [0.3, 0.4) is 0 Å². The molecule has 1 fully saturated rings. The maximum atomic E-state index is 11.8. The maximum Gasteiger partial charge on any atom is 0.305 e. The lowest BCUT2D eigenvalue weighted by Gasteiger charge is -2.21. The average Bonchev–Trinajstić information content (AvgIpc) is 2.68. The minimum atomic E-state index is -0.857.